The smallest absolute Gasteiger partial charge is 0.313 e. The molecule has 0 saturated heterocycles. The molecule has 0 spiro atoms. The second-order valence-electron chi connectivity index (χ2n) is 7.92. The minimum absolute atomic E-state index is 0.189. The van der Waals surface area contributed by atoms with Gasteiger partial charge in [-0.1, -0.05) is 121 Å². The van der Waals surface area contributed by atoms with Crippen molar-refractivity contribution in [3.05, 3.63) is 144 Å². The van der Waals surface area contributed by atoms with Gasteiger partial charge in [-0.2, -0.15) is 0 Å². The molecule has 0 fully saturated rings. The number of esters is 1. The molecule has 0 bridgehead atoms. The van der Waals surface area contributed by atoms with Gasteiger partial charge in [-0.25, -0.2) is 0 Å². The Balaban J connectivity index is 1.97. The molecule has 4 aromatic rings. The number of hydrogen-bond donors (Lipinski definition) is 0. The molecule has 4 aromatic carbocycles. The number of rotatable bonds is 8. The molecule has 0 aliphatic heterocycles. The maximum absolute atomic E-state index is 13.3. The van der Waals surface area contributed by atoms with Crippen LogP contribution in [0.3, 0.4) is 0 Å². The lowest BCUT2D eigenvalue weighted by Crippen LogP contribution is -2.34. The lowest BCUT2D eigenvalue weighted by Gasteiger charge is -2.38. The van der Waals surface area contributed by atoms with Gasteiger partial charge in [-0.15, -0.1) is 0 Å². The Labute approximate surface area is 190 Å². The Morgan fingerprint density at radius 2 is 1.03 bits per heavy atom. The molecule has 1 atom stereocenters. The van der Waals surface area contributed by atoms with Crippen molar-refractivity contribution >= 4 is 5.97 Å². The molecule has 2 heteroatoms. The maximum Gasteiger partial charge on any atom is 0.313 e. The lowest BCUT2D eigenvalue weighted by molar-refractivity contribution is -0.145. The molecule has 0 unspecified atom stereocenters. The molecule has 0 aliphatic rings. The fourth-order valence-corrected chi connectivity index (χ4v) is 4.59. The highest BCUT2D eigenvalue weighted by molar-refractivity contribution is 5.79. The van der Waals surface area contributed by atoms with Gasteiger partial charge in [-0.05, 0) is 35.6 Å². The number of hydrogen-bond acceptors (Lipinski definition) is 2. The first-order valence-corrected chi connectivity index (χ1v) is 11.1. The monoisotopic (exact) mass is 420 g/mol. The van der Waals surface area contributed by atoms with Crippen molar-refractivity contribution < 1.29 is 9.53 Å². The first-order chi connectivity index (χ1) is 15.8. The summed E-state index contributed by atoms with van der Waals surface area (Å²) < 4.78 is 5.57. The number of carbonyl (C=O) groups excluding carboxylic acids is 1. The Morgan fingerprint density at radius 3 is 1.41 bits per heavy atom. The van der Waals surface area contributed by atoms with Crippen LogP contribution in [0.5, 0.6) is 0 Å². The van der Waals surface area contributed by atoms with Gasteiger partial charge < -0.3 is 4.74 Å². The quantitative estimate of drug-likeness (QED) is 0.233. The summed E-state index contributed by atoms with van der Waals surface area (Å²) in [5.41, 5.74) is 3.92. The highest BCUT2D eigenvalue weighted by atomic mass is 16.5. The summed E-state index contributed by atoms with van der Waals surface area (Å²) in [4.78, 5) is 13.3. The molecule has 32 heavy (non-hydrogen) atoms. The normalized spacial score (nSPS) is 12.2. The van der Waals surface area contributed by atoms with E-state index < -0.39 is 11.3 Å². The minimum atomic E-state index is -0.517. The predicted molar refractivity (Wildman–Crippen MR) is 130 cm³/mol. The Morgan fingerprint density at radius 1 is 0.656 bits per heavy atom. The molecular weight excluding hydrogens is 392 g/mol. The molecular formula is C30H28O2. The highest BCUT2D eigenvalue weighted by Crippen LogP contribution is 2.46. The second-order valence-corrected chi connectivity index (χ2v) is 7.92. The number of carbonyl (C=O) groups is 1. The van der Waals surface area contributed by atoms with E-state index >= 15 is 0 Å². The molecule has 160 valence electrons. The van der Waals surface area contributed by atoms with Crippen LogP contribution in [0.4, 0.5) is 0 Å². The van der Waals surface area contributed by atoms with Gasteiger partial charge >= 0.3 is 5.97 Å². The third-order valence-corrected chi connectivity index (χ3v) is 6.08. The van der Waals surface area contributed by atoms with E-state index in [1.165, 1.54) is 0 Å². The topological polar surface area (TPSA) is 26.3 Å². The van der Waals surface area contributed by atoms with E-state index in [0.29, 0.717) is 13.0 Å². The van der Waals surface area contributed by atoms with Crippen LogP contribution in [0.1, 0.15) is 41.5 Å². The summed E-state index contributed by atoms with van der Waals surface area (Å²) in [6.45, 7) is 2.22. The Hall–Kier alpha value is -3.65. The van der Waals surface area contributed by atoms with E-state index in [-0.39, 0.29) is 5.97 Å². The van der Waals surface area contributed by atoms with Crippen molar-refractivity contribution in [3.8, 4) is 0 Å². The third kappa shape index (κ3) is 4.36. The summed E-state index contributed by atoms with van der Waals surface area (Å²) in [7, 11) is 0. The van der Waals surface area contributed by atoms with Crippen molar-refractivity contribution in [1.29, 1.82) is 0 Å². The summed E-state index contributed by atoms with van der Waals surface area (Å²) in [5.74, 6) is -0.595. The van der Waals surface area contributed by atoms with Gasteiger partial charge in [0.1, 0.15) is 0 Å². The van der Waals surface area contributed by atoms with Crippen LogP contribution in [0.2, 0.25) is 0 Å². The molecule has 4 rings (SSSR count). The Kier molecular flexibility index (Phi) is 6.81. The van der Waals surface area contributed by atoms with Crippen LogP contribution < -0.4 is 0 Å². The van der Waals surface area contributed by atoms with E-state index in [1.54, 1.807) is 0 Å². The average Bonchev–Trinajstić information content (AvgIpc) is 2.87. The molecule has 2 nitrogen and oxygen atoms in total. The molecule has 0 amide bonds. The summed E-state index contributed by atoms with van der Waals surface area (Å²) >= 11 is 0. The first kappa shape index (κ1) is 21.6. The van der Waals surface area contributed by atoms with Gasteiger partial charge in [0.2, 0.25) is 0 Å². The second kappa shape index (κ2) is 10.1. The summed E-state index contributed by atoms with van der Waals surface area (Å²) in [6.07, 6.45) is 0.563. The Bertz CT molecular complexity index is 1010. The van der Waals surface area contributed by atoms with Gasteiger partial charge in [-0.3, -0.25) is 4.79 Å². The van der Waals surface area contributed by atoms with Crippen molar-refractivity contribution in [1.82, 2.24) is 0 Å². The van der Waals surface area contributed by atoms with E-state index in [4.69, 9.17) is 4.74 Å². The minimum Gasteiger partial charge on any atom is -0.466 e. The van der Waals surface area contributed by atoms with Gasteiger partial charge in [0, 0.05) is 5.41 Å². The van der Waals surface area contributed by atoms with E-state index in [9.17, 15) is 4.79 Å². The van der Waals surface area contributed by atoms with E-state index in [2.05, 4.69) is 72.8 Å². The molecule has 0 radical (unpaired) electrons. The average molecular weight is 421 g/mol. The van der Waals surface area contributed by atoms with Crippen LogP contribution in [-0.4, -0.2) is 12.6 Å². The van der Waals surface area contributed by atoms with E-state index in [1.807, 2.05) is 55.5 Å². The van der Waals surface area contributed by atoms with Crippen LogP contribution >= 0.6 is 0 Å². The maximum atomic E-state index is 13.3. The van der Waals surface area contributed by atoms with Gasteiger partial charge in [0.25, 0.3) is 0 Å². The van der Waals surface area contributed by atoms with Crippen molar-refractivity contribution in [2.24, 2.45) is 0 Å². The van der Waals surface area contributed by atoms with Crippen molar-refractivity contribution in [3.63, 3.8) is 0 Å². The summed E-state index contributed by atoms with van der Waals surface area (Å²) in [5, 5.41) is 0. The van der Waals surface area contributed by atoms with Gasteiger partial charge in [0.15, 0.2) is 0 Å². The zero-order valence-corrected chi connectivity index (χ0v) is 18.4. The standard InChI is InChI=1S/C30H28O2/c1-2-32-29(31)28(24-15-7-3-8-16-24)23-30(25-17-9-4-10-18-25,26-19-11-5-12-20-26)27-21-13-6-14-22-27/h3-22,28H,2,23H2,1H3/t28-/m0/s1. The lowest BCUT2D eigenvalue weighted by atomic mass is 9.64. The van der Waals surface area contributed by atoms with Crippen molar-refractivity contribution in [2.45, 2.75) is 24.7 Å². The van der Waals surface area contributed by atoms with Crippen LogP contribution in [-0.2, 0) is 14.9 Å². The van der Waals surface area contributed by atoms with Crippen LogP contribution in [0, 0.1) is 0 Å². The van der Waals surface area contributed by atoms with E-state index in [0.717, 1.165) is 22.3 Å². The largest absolute Gasteiger partial charge is 0.466 e. The first-order valence-electron chi connectivity index (χ1n) is 11.1. The van der Waals surface area contributed by atoms with Crippen molar-refractivity contribution in [2.75, 3.05) is 6.61 Å². The van der Waals surface area contributed by atoms with Gasteiger partial charge in [0.05, 0.1) is 12.5 Å². The molecule has 0 aliphatic carbocycles. The fourth-order valence-electron chi connectivity index (χ4n) is 4.59. The summed E-state index contributed by atoms with van der Waals surface area (Å²) in [6, 6.07) is 41.4. The molecule has 0 heterocycles. The number of ether oxygens (including phenoxy) is 1. The van der Waals surface area contributed by atoms with Crippen LogP contribution in [0.25, 0.3) is 0 Å². The highest BCUT2D eigenvalue weighted by Gasteiger charge is 2.41. The molecule has 0 saturated carbocycles. The number of benzene rings is 4. The predicted octanol–water partition coefficient (Wildman–Crippen LogP) is 6.76. The molecule has 0 aromatic heterocycles. The van der Waals surface area contributed by atoms with Crippen LogP contribution in [0.15, 0.2) is 121 Å². The zero-order chi connectivity index (χ0) is 22.2. The zero-order valence-electron chi connectivity index (χ0n) is 18.4. The third-order valence-electron chi connectivity index (χ3n) is 6.08. The fraction of sp³-hybridized carbons (Fsp3) is 0.167. The molecule has 0 N–H and O–H groups in total. The SMILES string of the molecule is CCOC(=O)[C@@H](CC(c1ccccc1)(c1ccccc1)c1ccccc1)c1ccccc1.